The SMILES string of the molecule is C[C@H](CCSc1ccc(N2CCOCC2)cc1)Nc1ccc(S(=O)(=O)Nc2ncnc3cc(N4CCN(Cc5ccccc5-c5ccccc5)CC4)c(F)cc23)cc1[N+](=O)[O-]. The van der Waals surface area contributed by atoms with E-state index in [0.717, 1.165) is 62.7 Å². The molecule has 1 atom stereocenters. The molecule has 0 radical (unpaired) electrons. The summed E-state index contributed by atoms with van der Waals surface area (Å²) in [6.07, 6.45) is 1.91. The second-order valence-electron chi connectivity index (χ2n) is 15.1. The Hall–Kier alpha value is -5.81. The Morgan fingerprint density at radius 2 is 1.61 bits per heavy atom. The molecule has 61 heavy (non-hydrogen) atoms. The molecule has 1 aromatic heterocycles. The first kappa shape index (κ1) is 41.9. The van der Waals surface area contributed by atoms with Gasteiger partial charge >= 0.3 is 0 Å². The lowest BCUT2D eigenvalue weighted by molar-refractivity contribution is -0.384. The third kappa shape index (κ3) is 10.0. The first-order chi connectivity index (χ1) is 29.6. The Balaban J connectivity index is 0.891. The number of hydrogen-bond acceptors (Lipinski definition) is 12. The van der Waals surface area contributed by atoms with Crippen molar-refractivity contribution in [2.24, 2.45) is 0 Å². The number of nitro benzene ring substituents is 1. The van der Waals surface area contributed by atoms with Crippen molar-refractivity contribution in [1.82, 2.24) is 14.9 Å². The van der Waals surface area contributed by atoms with E-state index >= 15 is 4.39 Å². The fraction of sp³-hybridized carbons (Fsp3) is 0.289. The Labute approximate surface area is 359 Å². The molecule has 316 valence electrons. The van der Waals surface area contributed by atoms with Crippen LogP contribution in [0.3, 0.4) is 0 Å². The van der Waals surface area contributed by atoms with Crippen molar-refractivity contribution >= 4 is 61.3 Å². The van der Waals surface area contributed by atoms with Gasteiger partial charge in [-0.15, -0.1) is 11.8 Å². The van der Waals surface area contributed by atoms with Crippen LogP contribution < -0.4 is 19.8 Å². The summed E-state index contributed by atoms with van der Waals surface area (Å²) in [5, 5.41) is 15.5. The number of ether oxygens (including phenoxy) is 1. The molecular formula is C45H47FN8O5S2. The minimum atomic E-state index is -4.38. The number of sulfonamides is 1. The van der Waals surface area contributed by atoms with Gasteiger partial charge in [0.2, 0.25) is 0 Å². The lowest BCUT2D eigenvalue weighted by Gasteiger charge is -2.36. The number of thioether (sulfide) groups is 1. The molecule has 5 aromatic carbocycles. The monoisotopic (exact) mass is 862 g/mol. The molecule has 0 spiro atoms. The zero-order chi connectivity index (χ0) is 42.3. The van der Waals surface area contributed by atoms with Crippen LogP contribution in [0.4, 0.5) is 33.0 Å². The quantitative estimate of drug-likeness (QED) is 0.0582. The van der Waals surface area contributed by atoms with E-state index < -0.39 is 20.8 Å². The molecule has 0 unspecified atom stereocenters. The van der Waals surface area contributed by atoms with Gasteiger partial charge in [0.25, 0.3) is 15.7 Å². The number of hydrogen-bond donors (Lipinski definition) is 2. The number of morpholine rings is 1. The molecule has 0 bridgehead atoms. The van der Waals surface area contributed by atoms with Crippen LogP contribution in [-0.4, -0.2) is 92.5 Å². The maximum absolute atomic E-state index is 15.9. The molecular weight excluding hydrogens is 816 g/mol. The van der Waals surface area contributed by atoms with Gasteiger partial charge in [-0.3, -0.25) is 19.7 Å². The summed E-state index contributed by atoms with van der Waals surface area (Å²) >= 11 is 1.70. The number of fused-ring (bicyclic) bond motifs is 1. The highest BCUT2D eigenvalue weighted by Gasteiger charge is 2.26. The second-order valence-corrected chi connectivity index (χ2v) is 18.0. The van der Waals surface area contributed by atoms with Gasteiger partial charge in [0.05, 0.1) is 34.2 Å². The minimum absolute atomic E-state index is 0.135. The first-order valence-electron chi connectivity index (χ1n) is 20.3. The van der Waals surface area contributed by atoms with Crippen LogP contribution in [-0.2, 0) is 21.3 Å². The molecule has 2 aliphatic heterocycles. The molecule has 3 heterocycles. The summed E-state index contributed by atoms with van der Waals surface area (Å²) in [5.41, 5.74) is 5.30. The summed E-state index contributed by atoms with van der Waals surface area (Å²) < 4.78 is 51.1. The van der Waals surface area contributed by atoms with Gasteiger partial charge < -0.3 is 19.9 Å². The number of piperazine rings is 1. The van der Waals surface area contributed by atoms with Crippen LogP contribution in [0.15, 0.2) is 125 Å². The van der Waals surface area contributed by atoms with Crippen molar-refractivity contribution in [3.63, 3.8) is 0 Å². The lowest BCUT2D eigenvalue weighted by atomic mass is 9.99. The highest BCUT2D eigenvalue weighted by atomic mass is 32.2. The normalized spacial score (nSPS) is 15.4. The summed E-state index contributed by atoms with van der Waals surface area (Å²) in [6, 6.07) is 33.5. The Kier molecular flexibility index (Phi) is 12.9. The van der Waals surface area contributed by atoms with E-state index in [2.05, 4.69) is 78.3 Å². The number of aromatic nitrogens is 2. The van der Waals surface area contributed by atoms with Crippen molar-refractivity contribution in [3.05, 3.63) is 137 Å². The number of anilines is 4. The van der Waals surface area contributed by atoms with E-state index in [-0.39, 0.29) is 33.5 Å². The average molecular weight is 863 g/mol. The van der Waals surface area contributed by atoms with E-state index in [1.807, 2.05) is 42.2 Å². The average Bonchev–Trinajstić information content (AvgIpc) is 3.28. The zero-order valence-corrected chi connectivity index (χ0v) is 35.4. The predicted molar refractivity (Wildman–Crippen MR) is 241 cm³/mol. The zero-order valence-electron chi connectivity index (χ0n) is 33.7. The number of nitrogens with zero attached hydrogens (tertiary/aromatic N) is 6. The number of benzene rings is 5. The Bertz CT molecular complexity index is 2590. The van der Waals surface area contributed by atoms with Gasteiger partial charge in [0.15, 0.2) is 5.82 Å². The Morgan fingerprint density at radius 3 is 2.36 bits per heavy atom. The van der Waals surface area contributed by atoms with Crippen molar-refractivity contribution in [2.45, 2.75) is 35.7 Å². The minimum Gasteiger partial charge on any atom is -0.378 e. The van der Waals surface area contributed by atoms with Gasteiger partial charge in [-0.05, 0) is 84.3 Å². The summed E-state index contributed by atoms with van der Waals surface area (Å²) in [5.74, 6) is 0.0984. The number of nitro groups is 1. The third-order valence-corrected chi connectivity index (χ3v) is 13.4. The maximum atomic E-state index is 15.9. The van der Waals surface area contributed by atoms with Crippen molar-refractivity contribution in [1.29, 1.82) is 0 Å². The smallest absolute Gasteiger partial charge is 0.293 e. The molecule has 2 fully saturated rings. The van der Waals surface area contributed by atoms with E-state index in [4.69, 9.17) is 4.74 Å². The first-order valence-corrected chi connectivity index (χ1v) is 22.8. The number of nitrogens with one attached hydrogen (secondary N) is 2. The largest absolute Gasteiger partial charge is 0.378 e. The van der Waals surface area contributed by atoms with Crippen molar-refractivity contribution < 1.29 is 22.5 Å². The Morgan fingerprint density at radius 1 is 0.869 bits per heavy atom. The molecule has 2 saturated heterocycles. The molecule has 2 aliphatic rings. The van der Waals surface area contributed by atoms with Gasteiger partial charge in [0, 0.05) is 73.9 Å². The van der Waals surface area contributed by atoms with E-state index in [9.17, 15) is 18.5 Å². The number of halogens is 1. The van der Waals surface area contributed by atoms with E-state index in [1.165, 1.54) is 46.9 Å². The van der Waals surface area contributed by atoms with Crippen molar-refractivity contribution in [3.8, 4) is 11.1 Å². The fourth-order valence-electron chi connectivity index (χ4n) is 7.74. The summed E-state index contributed by atoms with van der Waals surface area (Å²) in [7, 11) is -4.38. The van der Waals surface area contributed by atoms with E-state index in [1.54, 1.807) is 17.8 Å². The molecule has 2 N–H and O–H groups in total. The molecule has 6 aromatic rings. The van der Waals surface area contributed by atoms with Gasteiger partial charge in [-0.25, -0.2) is 22.8 Å². The van der Waals surface area contributed by atoms with Crippen LogP contribution in [0.5, 0.6) is 0 Å². The van der Waals surface area contributed by atoms with E-state index in [0.29, 0.717) is 30.7 Å². The van der Waals surface area contributed by atoms with Gasteiger partial charge in [-0.2, -0.15) is 0 Å². The summed E-state index contributed by atoms with van der Waals surface area (Å²) in [6.45, 7) is 8.52. The fourth-order valence-corrected chi connectivity index (χ4v) is 9.82. The van der Waals surface area contributed by atoms with Crippen LogP contribution in [0.25, 0.3) is 22.0 Å². The molecule has 8 rings (SSSR count). The van der Waals surface area contributed by atoms with Gasteiger partial charge in [-0.1, -0.05) is 54.6 Å². The topological polar surface area (TPSA) is 146 Å². The maximum Gasteiger partial charge on any atom is 0.293 e. The second kappa shape index (κ2) is 18.8. The molecule has 16 heteroatoms. The highest BCUT2D eigenvalue weighted by Crippen LogP contribution is 2.33. The van der Waals surface area contributed by atoms with Crippen LogP contribution in [0.1, 0.15) is 18.9 Å². The summed E-state index contributed by atoms with van der Waals surface area (Å²) in [4.78, 5) is 27.5. The molecule has 13 nitrogen and oxygen atoms in total. The van der Waals surface area contributed by atoms with Crippen molar-refractivity contribution in [2.75, 3.05) is 78.1 Å². The molecule has 0 aliphatic carbocycles. The standard InChI is InChI=1S/C45H47FN8O5S2/c1-32(17-26-60-36-13-11-35(12-14-36)52-22-24-59-25-23-52)49-41-16-15-37(27-44(41)54(55)56)61(57,58)50-45-39-28-40(46)43(29-42(39)47-31-48-45)53-20-18-51(19-21-53)30-34-9-5-6-10-38(34)33-7-3-2-4-8-33/h2-16,27-29,31-32,49H,17-26,30H2,1H3,(H,47,48,50)/t32-/m1/s1. The van der Waals surface area contributed by atoms with Crippen LogP contribution >= 0.6 is 11.8 Å². The predicted octanol–water partition coefficient (Wildman–Crippen LogP) is 8.29. The van der Waals surface area contributed by atoms with Crippen LogP contribution in [0, 0.1) is 15.9 Å². The molecule has 0 saturated carbocycles. The van der Waals surface area contributed by atoms with Gasteiger partial charge in [0.1, 0.15) is 17.8 Å². The van der Waals surface area contributed by atoms with Crippen LogP contribution in [0.2, 0.25) is 0 Å². The third-order valence-electron chi connectivity index (χ3n) is 11.1. The number of rotatable bonds is 15. The highest BCUT2D eigenvalue weighted by molar-refractivity contribution is 7.99. The molecule has 0 amide bonds. The lowest BCUT2D eigenvalue weighted by Crippen LogP contribution is -2.46.